The van der Waals surface area contributed by atoms with Crippen LogP contribution in [0.15, 0.2) is 47.3 Å². The average molecular weight is 800 g/mol. The lowest BCUT2D eigenvalue weighted by atomic mass is 9.83. The molecule has 58 heavy (non-hydrogen) atoms. The number of pyridine rings is 1. The van der Waals surface area contributed by atoms with E-state index in [0.29, 0.717) is 63.7 Å². The van der Waals surface area contributed by atoms with Crippen LogP contribution in [-0.4, -0.2) is 89.8 Å². The number of cyclic esters (lactones) is 1. The second-order valence-electron chi connectivity index (χ2n) is 15.5. The Bertz CT molecular complexity index is 2120. The average Bonchev–Trinajstić information content (AvgIpc) is 3.19. The molecule has 5 atom stereocenters. The maximum Gasteiger partial charge on any atom is 0.342 e. The van der Waals surface area contributed by atoms with Crippen LogP contribution in [0.25, 0.3) is 6.08 Å². The first kappa shape index (κ1) is 41.8. The van der Waals surface area contributed by atoms with E-state index < -0.39 is 41.4 Å². The molecule has 5 unspecified atom stereocenters. The van der Waals surface area contributed by atoms with Crippen LogP contribution >= 0.6 is 0 Å². The molecule has 3 aliphatic rings. The Kier molecular flexibility index (Phi) is 13.1. The second kappa shape index (κ2) is 18.2. The van der Waals surface area contributed by atoms with Crippen LogP contribution in [0.1, 0.15) is 110 Å². The maximum absolute atomic E-state index is 14.1. The summed E-state index contributed by atoms with van der Waals surface area (Å²) in [7, 11) is 4.31. The Morgan fingerprint density at radius 1 is 0.966 bits per heavy atom. The number of esters is 1. The van der Waals surface area contributed by atoms with E-state index in [2.05, 4.69) is 5.32 Å². The number of fused-ring (bicyclic) bond motifs is 5. The first-order valence-electron chi connectivity index (χ1n) is 19.9. The molecule has 14 heteroatoms. The lowest BCUT2D eigenvalue weighted by Crippen LogP contribution is -2.54. The minimum Gasteiger partial charge on any atom is -0.507 e. The van der Waals surface area contributed by atoms with Gasteiger partial charge in [-0.05, 0) is 87.3 Å². The SMILES string of the molecule is COc1cc(C(CC(=O)NC(C)C(=O)N2CC3CC(C2)c2cccc(=O)n2C3)c2c(O)cc3c(c2O)C(=O)OC(C)CCCC(=O)CCCC=C3)cc(OC)c1OC. The number of carbonyl (C=O) groups excluding carboxylic acids is 4. The molecule has 1 fully saturated rings. The summed E-state index contributed by atoms with van der Waals surface area (Å²) in [5.74, 6) is -2.76. The van der Waals surface area contributed by atoms with Crippen LogP contribution in [0.2, 0.25) is 0 Å². The maximum atomic E-state index is 14.1. The first-order valence-corrected chi connectivity index (χ1v) is 19.9. The van der Waals surface area contributed by atoms with Gasteiger partial charge in [0.25, 0.3) is 5.56 Å². The molecule has 2 aromatic carbocycles. The number of ether oxygens (including phenoxy) is 4. The van der Waals surface area contributed by atoms with Crippen LogP contribution in [0, 0.1) is 5.92 Å². The second-order valence-corrected chi connectivity index (χ2v) is 15.5. The molecule has 3 aromatic rings. The van der Waals surface area contributed by atoms with Crippen molar-refractivity contribution in [2.75, 3.05) is 34.4 Å². The highest BCUT2D eigenvalue weighted by atomic mass is 16.5. The third-order valence-corrected chi connectivity index (χ3v) is 11.4. The van der Waals surface area contributed by atoms with Crippen molar-refractivity contribution in [3.63, 3.8) is 0 Å². The van der Waals surface area contributed by atoms with Crippen molar-refractivity contribution in [3.05, 3.63) is 80.8 Å². The number of phenols is 2. The molecule has 1 aromatic heterocycles. The number of phenolic OH excluding ortho intramolecular Hbond substituents is 2. The molecule has 6 rings (SSSR count). The zero-order valence-corrected chi connectivity index (χ0v) is 33.7. The van der Waals surface area contributed by atoms with E-state index >= 15 is 0 Å². The Hall–Kier alpha value is -5.79. The number of likely N-dealkylation sites (tertiary alicyclic amines) is 1. The van der Waals surface area contributed by atoms with Crippen molar-refractivity contribution in [2.45, 2.75) is 95.7 Å². The molecule has 0 aliphatic carbocycles. The van der Waals surface area contributed by atoms with E-state index in [1.165, 1.54) is 27.4 Å². The highest BCUT2D eigenvalue weighted by molar-refractivity contribution is 5.98. The van der Waals surface area contributed by atoms with Gasteiger partial charge < -0.3 is 43.9 Å². The van der Waals surface area contributed by atoms with Crippen molar-refractivity contribution >= 4 is 29.6 Å². The van der Waals surface area contributed by atoms with Crippen molar-refractivity contribution in [1.29, 1.82) is 0 Å². The van der Waals surface area contributed by atoms with Gasteiger partial charge in [-0.25, -0.2) is 4.79 Å². The van der Waals surface area contributed by atoms with Crippen LogP contribution < -0.4 is 25.1 Å². The molecule has 4 heterocycles. The van der Waals surface area contributed by atoms with E-state index in [4.69, 9.17) is 18.9 Å². The molecule has 0 spiro atoms. The number of carbonyl (C=O) groups is 4. The molecule has 2 amide bonds. The number of rotatable bonds is 9. The zero-order valence-electron chi connectivity index (χ0n) is 33.7. The van der Waals surface area contributed by atoms with E-state index in [9.17, 15) is 34.2 Å². The van der Waals surface area contributed by atoms with Gasteiger partial charge in [0.2, 0.25) is 17.6 Å². The molecule has 3 aliphatic heterocycles. The third kappa shape index (κ3) is 9.00. The number of nitrogens with one attached hydrogen (secondary N) is 1. The van der Waals surface area contributed by atoms with Crippen LogP contribution in [0.3, 0.4) is 0 Å². The number of aromatic nitrogens is 1. The monoisotopic (exact) mass is 799 g/mol. The van der Waals surface area contributed by atoms with Gasteiger partial charge in [-0.2, -0.15) is 0 Å². The Morgan fingerprint density at radius 3 is 2.40 bits per heavy atom. The van der Waals surface area contributed by atoms with Gasteiger partial charge in [0.15, 0.2) is 11.5 Å². The molecule has 2 bridgehead atoms. The fourth-order valence-electron chi connectivity index (χ4n) is 8.61. The number of methoxy groups -OCH3 is 3. The summed E-state index contributed by atoms with van der Waals surface area (Å²) in [6, 6.07) is 8.80. The summed E-state index contributed by atoms with van der Waals surface area (Å²) in [5, 5.41) is 26.6. The summed E-state index contributed by atoms with van der Waals surface area (Å²) in [6.07, 6.45) is 6.17. The Balaban J connectivity index is 1.34. The van der Waals surface area contributed by atoms with Crippen LogP contribution in [-0.2, 0) is 25.7 Å². The van der Waals surface area contributed by atoms with E-state index in [-0.39, 0.29) is 69.4 Å². The Labute approximate surface area is 337 Å². The van der Waals surface area contributed by atoms with Crippen molar-refractivity contribution in [1.82, 2.24) is 14.8 Å². The first-order chi connectivity index (χ1) is 27.8. The normalized spacial score (nSPS) is 20.7. The summed E-state index contributed by atoms with van der Waals surface area (Å²) in [6.45, 7) is 4.69. The molecule has 310 valence electrons. The van der Waals surface area contributed by atoms with Crippen LogP contribution in [0.5, 0.6) is 28.7 Å². The van der Waals surface area contributed by atoms with Gasteiger partial charge in [0, 0.05) is 68.1 Å². The molecule has 0 radical (unpaired) electrons. The number of allylic oxidation sites excluding steroid dienone is 1. The molecule has 3 N–H and O–H groups in total. The summed E-state index contributed by atoms with van der Waals surface area (Å²) < 4.78 is 24.3. The van der Waals surface area contributed by atoms with Gasteiger partial charge in [-0.15, -0.1) is 0 Å². The summed E-state index contributed by atoms with van der Waals surface area (Å²) >= 11 is 0. The third-order valence-electron chi connectivity index (χ3n) is 11.4. The molecule has 0 saturated carbocycles. The fraction of sp³-hybridized carbons (Fsp3) is 0.477. The standard InChI is InChI=1S/C44H53N3O11/c1-25-11-9-14-31(48)13-8-6-7-12-28-18-34(49)40(41(52)39(28)44(54)58-25)32(29-19-35(55-3)42(57-5)36(20-29)56-4)21-37(50)45-26(2)43(53)46-22-27-17-30(24-46)33-15-10-16-38(51)47(33)23-27/h7,10,12,15-16,18-20,25-27,30,32,49,52H,6,8-9,11,13-14,17,21-24H2,1-5H3,(H,45,50). The van der Waals surface area contributed by atoms with Crippen molar-refractivity contribution < 1.29 is 48.3 Å². The van der Waals surface area contributed by atoms with Gasteiger partial charge in [0.05, 0.1) is 27.4 Å². The molecular formula is C44H53N3O11. The summed E-state index contributed by atoms with van der Waals surface area (Å²) in [4.78, 5) is 68.4. The number of benzene rings is 2. The number of Topliss-reactive ketones (excluding diaryl/α,β-unsaturated/α-hetero) is 1. The number of ketones is 1. The molecule has 14 nitrogen and oxygen atoms in total. The topological polar surface area (TPSA) is 183 Å². The van der Waals surface area contributed by atoms with Gasteiger partial charge >= 0.3 is 5.97 Å². The minimum absolute atomic E-state index is 0.00807. The van der Waals surface area contributed by atoms with E-state index in [0.717, 1.165) is 12.1 Å². The van der Waals surface area contributed by atoms with Crippen molar-refractivity contribution in [2.24, 2.45) is 5.92 Å². The number of piperidine rings is 1. The quantitative estimate of drug-likeness (QED) is 0.235. The lowest BCUT2D eigenvalue weighted by molar-refractivity contribution is -0.138. The zero-order chi connectivity index (χ0) is 41.7. The highest BCUT2D eigenvalue weighted by Crippen LogP contribution is 2.48. The van der Waals surface area contributed by atoms with E-state index in [1.54, 1.807) is 59.7 Å². The smallest absolute Gasteiger partial charge is 0.342 e. The van der Waals surface area contributed by atoms with Crippen LogP contribution in [0.4, 0.5) is 0 Å². The van der Waals surface area contributed by atoms with Gasteiger partial charge in [0.1, 0.15) is 28.9 Å². The summed E-state index contributed by atoms with van der Waals surface area (Å²) in [5.41, 5.74) is 1.10. The van der Waals surface area contributed by atoms with Gasteiger partial charge in [-0.3, -0.25) is 19.2 Å². The van der Waals surface area contributed by atoms with Gasteiger partial charge in [-0.1, -0.05) is 18.2 Å². The molecule has 1 saturated heterocycles. The number of hydrogen-bond donors (Lipinski definition) is 3. The number of nitrogens with zero attached hydrogens (tertiary/aromatic N) is 2. The lowest BCUT2D eigenvalue weighted by Gasteiger charge is -2.43. The number of hydrogen-bond acceptors (Lipinski definition) is 11. The predicted octanol–water partition coefficient (Wildman–Crippen LogP) is 5.44. The Morgan fingerprint density at radius 2 is 1.69 bits per heavy atom. The fourth-order valence-corrected chi connectivity index (χ4v) is 8.61. The van der Waals surface area contributed by atoms with Crippen molar-refractivity contribution in [3.8, 4) is 28.7 Å². The van der Waals surface area contributed by atoms with E-state index in [1.807, 2.05) is 6.07 Å². The molecular weight excluding hydrogens is 746 g/mol. The largest absolute Gasteiger partial charge is 0.507 e. The highest BCUT2D eigenvalue weighted by Gasteiger charge is 2.38. The number of aromatic hydroxyl groups is 2. The minimum atomic E-state index is -1.11. The number of amides is 2. The predicted molar refractivity (Wildman–Crippen MR) is 215 cm³/mol.